The van der Waals surface area contributed by atoms with Crippen LogP contribution in [0.3, 0.4) is 0 Å². The molecule has 6 nitrogen and oxygen atoms in total. The van der Waals surface area contributed by atoms with Gasteiger partial charge in [0.05, 0.1) is 11.0 Å². The molecule has 3 rings (SSSR count). The fraction of sp³-hybridized carbons (Fsp3) is 0.0714. The number of benzene rings is 1. The first-order valence-electron chi connectivity index (χ1n) is 6.09. The predicted octanol–water partition coefficient (Wildman–Crippen LogP) is 1.81. The van der Waals surface area contributed by atoms with E-state index in [1.165, 1.54) is 12.3 Å². The van der Waals surface area contributed by atoms with E-state index in [9.17, 15) is 9.59 Å². The number of aromatic nitrogens is 3. The Morgan fingerprint density at radius 2 is 2.10 bits per heavy atom. The lowest BCUT2D eigenvalue weighted by molar-refractivity contribution is 0.102. The molecule has 1 aromatic carbocycles. The summed E-state index contributed by atoms with van der Waals surface area (Å²) >= 11 is 0. The highest BCUT2D eigenvalue weighted by Crippen LogP contribution is 2.13. The van der Waals surface area contributed by atoms with Crippen molar-refractivity contribution in [2.24, 2.45) is 0 Å². The van der Waals surface area contributed by atoms with Crippen molar-refractivity contribution in [2.45, 2.75) is 6.92 Å². The minimum absolute atomic E-state index is 0.0519. The average Bonchev–Trinajstić information content (AvgIpc) is 2.80. The molecule has 20 heavy (non-hydrogen) atoms. The molecule has 0 bridgehead atoms. The molecule has 0 unspecified atom stereocenters. The van der Waals surface area contributed by atoms with Crippen LogP contribution in [-0.4, -0.2) is 20.9 Å². The average molecular weight is 268 g/mol. The van der Waals surface area contributed by atoms with Gasteiger partial charge in [0.2, 0.25) is 5.95 Å². The molecule has 0 aliphatic carbocycles. The highest BCUT2D eigenvalue weighted by atomic mass is 16.2. The summed E-state index contributed by atoms with van der Waals surface area (Å²) in [6.45, 7) is 1.75. The van der Waals surface area contributed by atoms with Gasteiger partial charge in [0, 0.05) is 18.0 Å². The number of rotatable bonds is 2. The largest absolute Gasteiger partial charge is 0.364 e. The Morgan fingerprint density at radius 1 is 1.30 bits per heavy atom. The second-order valence-electron chi connectivity index (χ2n) is 4.45. The van der Waals surface area contributed by atoms with Gasteiger partial charge in [0.15, 0.2) is 5.43 Å². The third-order valence-electron chi connectivity index (χ3n) is 2.92. The van der Waals surface area contributed by atoms with Crippen molar-refractivity contribution in [3.8, 4) is 0 Å². The lowest BCUT2D eigenvalue weighted by Gasteiger charge is -2.01. The minimum atomic E-state index is -0.495. The molecule has 100 valence electrons. The van der Waals surface area contributed by atoms with Crippen molar-refractivity contribution in [3.63, 3.8) is 0 Å². The van der Waals surface area contributed by atoms with Gasteiger partial charge in [-0.05, 0) is 19.1 Å². The highest BCUT2D eigenvalue weighted by molar-refractivity contribution is 6.03. The molecule has 0 saturated heterocycles. The molecular weight excluding hydrogens is 256 g/mol. The number of anilines is 1. The molecule has 0 aliphatic rings. The van der Waals surface area contributed by atoms with Crippen molar-refractivity contribution < 1.29 is 4.79 Å². The van der Waals surface area contributed by atoms with Crippen LogP contribution in [0.15, 0.2) is 41.3 Å². The first-order chi connectivity index (χ1) is 9.63. The number of H-pyrrole nitrogens is 2. The number of nitrogens with zero attached hydrogens (tertiary/aromatic N) is 1. The summed E-state index contributed by atoms with van der Waals surface area (Å²) in [7, 11) is 0. The van der Waals surface area contributed by atoms with Crippen molar-refractivity contribution in [2.75, 3.05) is 5.32 Å². The second-order valence-corrected chi connectivity index (χ2v) is 4.45. The van der Waals surface area contributed by atoms with Gasteiger partial charge >= 0.3 is 0 Å². The Morgan fingerprint density at radius 3 is 2.85 bits per heavy atom. The van der Waals surface area contributed by atoms with Crippen LogP contribution >= 0.6 is 0 Å². The Kier molecular flexibility index (Phi) is 2.83. The van der Waals surface area contributed by atoms with Crippen LogP contribution in [0.4, 0.5) is 5.95 Å². The van der Waals surface area contributed by atoms with Crippen LogP contribution < -0.4 is 10.7 Å². The van der Waals surface area contributed by atoms with Gasteiger partial charge in [0.25, 0.3) is 5.91 Å². The summed E-state index contributed by atoms with van der Waals surface area (Å²) in [4.78, 5) is 33.8. The summed E-state index contributed by atoms with van der Waals surface area (Å²) in [5.74, 6) is -0.179. The molecule has 0 atom stereocenters. The second kappa shape index (κ2) is 4.65. The predicted molar refractivity (Wildman–Crippen MR) is 75.8 cm³/mol. The lowest BCUT2D eigenvalue weighted by Crippen LogP contribution is -2.22. The topological polar surface area (TPSA) is 90.6 Å². The van der Waals surface area contributed by atoms with E-state index in [4.69, 9.17) is 0 Å². The molecule has 0 saturated carbocycles. The van der Waals surface area contributed by atoms with E-state index in [-0.39, 0.29) is 11.0 Å². The third-order valence-corrected chi connectivity index (χ3v) is 2.92. The van der Waals surface area contributed by atoms with Crippen LogP contribution in [0, 0.1) is 6.92 Å². The number of aromatic amines is 2. The number of aryl methyl sites for hydroxylation is 1. The van der Waals surface area contributed by atoms with Crippen molar-refractivity contribution in [3.05, 3.63) is 58.0 Å². The minimum Gasteiger partial charge on any atom is -0.364 e. The van der Waals surface area contributed by atoms with Gasteiger partial charge in [0.1, 0.15) is 5.56 Å². The van der Waals surface area contributed by atoms with Crippen molar-refractivity contribution in [1.29, 1.82) is 0 Å². The van der Waals surface area contributed by atoms with E-state index in [0.717, 1.165) is 11.0 Å². The smallest absolute Gasteiger partial charge is 0.263 e. The van der Waals surface area contributed by atoms with Crippen LogP contribution in [0.5, 0.6) is 0 Å². The Labute approximate surface area is 113 Å². The summed E-state index contributed by atoms with van der Waals surface area (Å²) in [6, 6.07) is 8.81. The van der Waals surface area contributed by atoms with Gasteiger partial charge < -0.3 is 9.97 Å². The van der Waals surface area contributed by atoms with Gasteiger partial charge in [-0.25, -0.2) is 4.98 Å². The molecule has 0 aliphatic heterocycles. The van der Waals surface area contributed by atoms with Crippen molar-refractivity contribution in [1.82, 2.24) is 15.0 Å². The molecule has 0 fully saturated rings. The number of hydrogen-bond acceptors (Lipinski definition) is 3. The van der Waals surface area contributed by atoms with E-state index >= 15 is 0 Å². The van der Waals surface area contributed by atoms with Crippen molar-refractivity contribution >= 4 is 22.9 Å². The zero-order valence-electron chi connectivity index (χ0n) is 10.7. The molecule has 2 heterocycles. The monoisotopic (exact) mass is 268 g/mol. The maximum atomic E-state index is 12.0. The first-order valence-corrected chi connectivity index (χ1v) is 6.09. The molecule has 3 N–H and O–H groups in total. The van der Waals surface area contributed by atoms with E-state index in [0.29, 0.717) is 11.6 Å². The van der Waals surface area contributed by atoms with Gasteiger partial charge in [-0.2, -0.15) is 0 Å². The summed E-state index contributed by atoms with van der Waals surface area (Å²) in [6.07, 6.45) is 1.40. The summed E-state index contributed by atoms with van der Waals surface area (Å²) in [5, 5.41) is 2.58. The quantitative estimate of drug-likeness (QED) is 0.662. The normalized spacial score (nSPS) is 10.7. The van der Waals surface area contributed by atoms with Crippen LogP contribution in [-0.2, 0) is 0 Å². The molecule has 0 spiro atoms. The number of hydrogen-bond donors (Lipinski definition) is 3. The van der Waals surface area contributed by atoms with Crippen LogP contribution in [0.25, 0.3) is 11.0 Å². The number of imidazole rings is 1. The molecule has 2 aromatic heterocycles. The van der Waals surface area contributed by atoms with E-state index < -0.39 is 5.91 Å². The maximum absolute atomic E-state index is 12.0. The number of carbonyl (C=O) groups excluding carboxylic acids is 1. The van der Waals surface area contributed by atoms with Gasteiger partial charge in [-0.15, -0.1) is 0 Å². The Balaban J connectivity index is 1.90. The summed E-state index contributed by atoms with van der Waals surface area (Å²) < 4.78 is 0. The molecule has 6 heteroatoms. The van der Waals surface area contributed by atoms with E-state index in [1.54, 1.807) is 6.92 Å². The van der Waals surface area contributed by atoms with Gasteiger partial charge in [-0.3, -0.25) is 14.9 Å². The van der Waals surface area contributed by atoms with E-state index in [2.05, 4.69) is 20.3 Å². The zero-order valence-corrected chi connectivity index (χ0v) is 10.7. The number of para-hydroxylation sites is 2. The Hall–Kier alpha value is -2.89. The fourth-order valence-corrected chi connectivity index (χ4v) is 1.94. The molecule has 3 aromatic rings. The Bertz CT molecular complexity index is 815. The number of nitrogens with one attached hydrogen (secondary N) is 3. The van der Waals surface area contributed by atoms with Crippen LogP contribution in [0.1, 0.15) is 16.1 Å². The van der Waals surface area contributed by atoms with E-state index in [1.807, 2.05) is 24.3 Å². The standard InChI is InChI=1S/C14H12N4O2/c1-8-6-12(19)9(7-15-8)13(20)18-14-16-10-4-2-3-5-11(10)17-14/h2-7H,1H3,(H,15,19)(H2,16,17,18,20). The van der Waals surface area contributed by atoms with Crippen LogP contribution in [0.2, 0.25) is 0 Å². The zero-order chi connectivity index (χ0) is 14.1. The lowest BCUT2D eigenvalue weighted by atomic mass is 10.2. The molecular formula is C14H12N4O2. The SMILES string of the molecule is Cc1cc(=O)c(C(=O)Nc2nc3ccccc3[nH]2)c[nH]1. The summed E-state index contributed by atoms with van der Waals surface area (Å²) in [5.41, 5.74) is 2.00. The third kappa shape index (κ3) is 2.18. The fourth-order valence-electron chi connectivity index (χ4n) is 1.94. The first kappa shape index (κ1) is 12.2. The van der Waals surface area contributed by atoms with Gasteiger partial charge in [-0.1, -0.05) is 12.1 Å². The molecule has 1 amide bonds. The number of fused-ring (bicyclic) bond motifs is 1. The number of pyridine rings is 1. The number of amides is 1. The highest BCUT2D eigenvalue weighted by Gasteiger charge is 2.12. The molecule has 0 radical (unpaired) electrons. The maximum Gasteiger partial charge on any atom is 0.263 e. The number of carbonyl (C=O) groups is 1.